The molecule has 3 atom stereocenters. The number of hydrogen-bond acceptors (Lipinski definition) is 10. The summed E-state index contributed by atoms with van der Waals surface area (Å²) in [5.41, 5.74) is 1.04. The number of nitrogens with zero attached hydrogens (tertiary/aromatic N) is 1. The second kappa shape index (κ2) is 13.3. The number of methoxy groups -OCH3 is 1. The van der Waals surface area contributed by atoms with Gasteiger partial charge in [-0.15, -0.1) is 11.3 Å². The molecule has 14 heteroatoms. The Morgan fingerprint density at radius 1 is 1.16 bits per heavy atom. The van der Waals surface area contributed by atoms with Gasteiger partial charge in [-0.05, 0) is 39.0 Å². The molecule has 0 bridgehead atoms. The maximum Gasteiger partial charge on any atom is 0.325 e. The van der Waals surface area contributed by atoms with Gasteiger partial charge >= 0.3 is 11.9 Å². The molecule has 0 radical (unpaired) electrons. The van der Waals surface area contributed by atoms with Gasteiger partial charge in [0.15, 0.2) is 0 Å². The Hall–Kier alpha value is -3.55. The first-order chi connectivity index (χ1) is 18.1. The van der Waals surface area contributed by atoms with Crippen molar-refractivity contribution in [2.24, 2.45) is 0 Å². The third-order valence-corrected chi connectivity index (χ3v) is 6.97. The molecule has 4 N–H and O–H groups in total. The van der Waals surface area contributed by atoms with Crippen LogP contribution in [-0.4, -0.2) is 77.9 Å². The Kier molecular flexibility index (Phi) is 10.2. The Balaban J connectivity index is 1.76. The van der Waals surface area contributed by atoms with Gasteiger partial charge in [-0.1, -0.05) is 0 Å². The highest BCUT2D eigenvalue weighted by Crippen LogP contribution is 2.35. The fourth-order valence-corrected chi connectivity index (χ4v) is 4.54. The lowest BCUT2D eigenvalue weighted by Gasteiger charge is -2.25. The summed E-state index contributed by atoms with van der Waals surface area (Å²) in [4.78, 5) is 79.5. The molecule has 0 aromatic carbocycles. The molecule has 2 fully saturated rings. The molecule has 1 aromatic rings. The standard InChI is InChI=1S/C24H33N5O8S/c1-14-21(33)29-24(7-8-24)23(35)25-11-20(32)37-16(5-3-4-6-19(31)36-2)10-18(30)28-17(22(34)27-14)9-15-12-38-13-26-15/h12-14,16-17H,3-11H2,1-2H3,(H,25,35)(H,27,34)(H,28,30)(H,29,33)/t14-,16-,17-/m1/s1. The topological polar surface area (TPSA) is 182 Å². The van der Waals surface area contributed by atoms with Gasteiger partial charge in [0.2, 0.25) is 23.6 Å². The van der Waals surface area contributed by atoms with Crippen molar-refractivity contribution in [3.63, 3.8) is 0 Å². The normalized spacial score (nSPS) is 24.5. The molecule has 2 heterocycles. The zero-order valence-corrected chi connectivity index (χ0v) is 22.2. The lowest BCUT2D eigenvalue weighted by molar-refractivity contribution is -0.151. The summed E-state index contributed by atoms with van der Waals surface area (Å²) in [5.74, 6) is -3.35. The summed E-state index contributed by atoms with van der Waals surface area (Å²) in [6.45, 7) is 1.04. The quantitative estimate of drug-likeness (QED) is 0.256. The Morgan fingerprint density at radius 3 is 2.58 bits per heavy atom. The number of aromatic nitrogens is 1. The molecule has 38 heavy (non-hydrogen) atoms. The number of carbonyl (C=O) groups excluding carboxylic acids is 6. The van der Waals surface area contributed by atoms with E-state index >= 15 is 0 Å². The van der Waals surface area contributed by atoms with E-state index in [-0.39, 0.29) is 31.7 Å². The first kappa shape index (κ1) is 29.0. The van der Waals surface area contributed by atoms with Crippen LogP contribution >= 0.6 is 11.3 Å². The van der Waals surface area contributed by atoms with Gasteiger partial charge < -0.3 is 30.7 Å². The van der Waals surface area contributed by atoms with Crippen LogP contribution in [0.25, 0.3) is 0 Å². The van der Waals surface area contributed by atoms with Crippen LogP contribution in [-0.2, 0) is 44.7 Å². The number of nitrogens with one attached hydrogen (secondary N) is 4. The van der Waals surface area contributed by atoms with Gasteiger partial charge in [0.05, 0.1) is 24.7 Å². The molecule has 4 amide bonds. The van der Waals surface area contributed by atoms with Crippen LogP contribution in [0, 0.1) is 0 Å². The van der Waals surface area contributed by atoms with Gasteiger partial charge in [-0.3, -0.25) is 28.8 Å². The van der Waals surface area contributed by atoms with Crippen molar-refractivity contribution in [3.8, 4) is 0 Å². The molecular formula is C24H33N5O8S. The van der Waals surface area contributed by atoms with E-state index in [0.29, 0.717) is 31.4 Å². The number of esters is 2. The third kappa shape index (κ3) is 8.50. The van der Waals surface area contributed by atoms with E-state index in [4.69, 9.17) is 4.74 Å². The van der Waals surface area contributed by atoms with Crippen LogP contribution in [0.5, 0.6) is 0 Å². The average molecular weight is 552 g/mol. The second-order valence-electron chi connectivity index (χ2n) is 9.43. The lowest BCUT2D eigenvalue weighted by Crippen LogP contribution is -2.57. The summed E-state index contributed by atoms with van der Waals surface area (Å²) in [6, 6.07) is -2.02. The van der Waals surface area contributed by atoms with Crippen molar-refractivity contribution in [3.05, 3.63) is 16.6 Å². The van der Waals surface area contributed by atoms with Gasteiger partial charge in [0, 0.05) is 18.2 Å². The van der Waals surface area contributed by atoms with Crippen LogP contribution in [0.3, 0.4) is 0 Å². The number of cyclic esters (lactones) is 1. The van der Waals surface area contributed by atoms with Gasteiger partial charge in [0.25, 0.3) is 0 Å². The summed E-state index contributed by atoms with van der Waals surface area (Å²) in [6.07, 6.45) is 1.20. The summed E-state index contributed by atoms with van der Waals surface area (Å²) < 4.78 is 10.1. The number of carbonyl (C=O) groups is 6. The number of rotatable bonds is 7. The number of hydrogen-bond donors (Lipinski definition) is 4. The highest BCUT2D eigenvalue weighted by molar-refractivity contribution is 7.07. The first-order valence-electron chi connectivity index (χ1n) is 12.5. The van der Waals surface area contributed by atoms with Gasteiger partial charge in [-0.25, -0.2) is 4.98 Å². The van der Waals surface area contributed by atoms with Crippen molar-refractivity contribution >= 4 is 46.9 Å². The van der Waals surface area contributed by atoms with Crippen molar-refractivity contribution < 1.29 is 38.2 Å². The minimum atomic E-state index is -1.14. The van der Waals surface area contributed by atoms with Crippen molar-refractivity contribution in [1.82, 2.24) is 26.3 Å². The van der Waals surface area contributed by atoms with Crippen molar-refractivity contribution in [2.45, 2.75) is 82.0 Å². The van der Waals surface area contributed by atoms with Crippen LogP contribution in [0.1, 0.15) is 57.6 Å². The second-order valence-corrected chi connectivity index (χ2v) is 10.1. The largest absolute Gasteiger partial charge is 0.469 e. The van der Waals surface area contributed by atoms with E-state index < -0.39 is 59.9 Å². The lowest BCUT2D eigenvalue weighted by atomic mass is 10.1. The maximum absolute atomic E-state index is 13.1. The minimum Gasteiger partial charge on any atom is -0.469 e. The molecule has 3 rings (SSSR count). The van der Waals surface area contributed by atoms with E-state index in [1.807, 2.05) is 0 Å². The van der Waals surface area contributed by atoms with Crippen LogP contribution < -0.4 is 21.3 Å². The fraction of sp³-hybridized carbons (Fsp3) is 0.625. The SMILES string of the molecule is COC(=O)CCCC[C@@H]1CC(=O)N[C@H](Cc2cscn2)C(=O)N[C@H](C)C(=O)NC2(CC2)C(=O)NCC(=O)O1. The Bertz CT molecular complexity index is 1040. The maximum atomic E-state index is 13.1. The molecular weight excluding hydrogens is 518 g/mol. The number of amides is 4. The van der Waals surface area contributed by atoms with Crippen LogP contribution in [0.15, 0.2) is 10.9 Å². The minimum absolute atomic E-state index is 0.0886. The van der Waals surface area contributed by atoms with Gasteiger partial charge in [-0.2, -0.15) is 0 Å². The summed E-state index contributed by atoms with van der Waals surface area (Å²) in [5, 5.41) is 12.2. The van der Waals surface area contributed by atoms with Gasteiger partial charge in [0.1, 0.15) is 30.3 Å². The van der Waals surface area contributed by atoms with Crippen molar-refractivity contribution in [1.29, 1.82) is 0 Å². The molecule has 1 saturated heterocycles. The fourth-order valence-electron chi connectivity index (χ4n) is 3.97. The van der Waals surface area contributed by atoms with Crippen LogP contribution in [0.4, 0.5) is 0 Å². The zero-order chi connectivity index (χ0) is 27.7. The predicted octanol–water partition coefficient (Wildman–Crippen LogP) is -0.511. The average Bonchev–Trinajstić information content (AvgIpc) is 3.47. The number of ether oxygens (including phenoxy) is 2. The molecule has 2 aliphatic rings. The summed E-state index contributed by atoms with van der Waals surface area (Å²) >= 11 is 1.34. The van der Waals surface area contributed by atoms with Crippen LogP contribution in [0.2, 0.25) is 0 Å². The van der Waals surface area contributed by atoms with E-state index in [2.05, 4.69) is 31.0 Å². The van der Waals surface area contributed by atoms with E-state index in [9.17, 15) is 28.8 Å². The number of thiazole rings is 1. The Morgan fingerprint density at radius 2 is 1.92 bits per heavy atom. The first-order valence-corrected chi connectivity index (χ1v) is 13.4. The molecule has 1 aliphatic carbocycles. The molecule has 208 valence electrons. The highest BCUT2D eigenvalue weighted by Gasteiger charge is 2.51. The molecule has 0 unspecified atom stereocenters. The molecule has 1 aromatic heterocycles. The molecule has 1 spiro atoms. The van der Waals surface area contributed by atoms with E-state index in [1.165, 1.54) is 25.4 Å². The third-order valence-electron chi connectivity index (χ3n) is 6.34. The predicted molar refractivity (Wildman–Crippen MR) is 133 cm³/mol. The number of unbranched alkanes of at least 4 members (excludes halogenated alkanes) is 1. The molecule has 1 aliphatic heterocycles. The highest BCUT2D eigenvalue weighted by atomic mass is 32.1. The summed E-state index contributed by atoms with van der Waals surface area (Å²) in [7, 11) is 1.29. The zero-order valence-electron chi connectivity index (χ0n) is 21.4. The van der Waals surface area contributed by atoms with Crippen molar-refractivity contribution in [2.75, 3.05) is 13.7 Å². The van der Waals surface area contributed by atoms with E-state index in [0.717, 1.165) is 0 Å². The van der Waals surface area contributed by atoms with E-state index in [1.54, 1.807) is 10.9 Å². The monoisotopic (exact) mass is 551 g/mol. The Labute approximate surface area is 223 Å². The molecule has 1 saturated carbocycles. The molecule has 13 nitrogen and oxygen atoms in total. The smallest absolute Gasteiger partial charge is 0.325 e.